The third-order valence-corrected chi connectivity index (χ3v) is 3.92. The predicted molar refractivity (Wildman–Crippen MR) is 60.7 cm³/mol. The molecule has 0 amide bonds. The second-order valence-corrected chi connectivity index (χ2v) is 6.51. The average molecular weight is 238 g/mol. The van der Waals surface area contributed by atoms with E-state index < -0.39 is 16.3 Å². The Morgan fingerprint density at radius 1 is 1.40 bits per heavy atom. The summed E-state index contributed by atoms with van der Waals surface area (Å²) in [5.74, 6) is 0. The van der Waals surface area contributed by atoms with Gasteiger partial charge in [-0.2, -0.15) is 17.4 Å². The van der Waals surface area contributed by atoms with E-state index >= 15 is 0 Å². The van der Waals surface area contributed by atoms with Crippen molar-refractivity contribution in [2.45, 2.75) is 33.8 Å². The van der Waals surface area contributed by atoms with E-state index in [0.717, 1.165) is 0 Å². The molecule has 0 bridgehead atoms. The smallest absolute Gasteiger partial charge is 0.279 e. The van der Waals surface area contributed by atoms with Crippen LogP contribution in [0.5, 0.6) is 0 Å². The van der Waals surface area contributed by atoms with Crippen LogP contribution in [0, 0.1) is 5.41 Å². The van der Waals surface area contributed by atoms with Crippen LogP contribution in [0.1, 0.15) is 27.7 Å². The molecule has 0 spiro atoms. The summed E-state index contributed by atoms with van der Waals surface area (Å²) in [6, 6.07) is 0. The number of aliphatic hydroxyl groups is 1. The first-order valence-corrected chi connectivity index (χ1v) is 6.44. The lowest BCUT2D eigenvalue weighted by molar-refractivity contribution is 0.0674. The van der Waals surface area contributed by atoms with Crippen LogP contribution in [0.15, 0.2) is 0 Å². The van der Waals surface area contributed by atoms with Gasteiger partial charge in [0.1, 0.15) is 0 Å². The first kappa shape index (κ1) is 14.8. The fourth-order valence-corrected chi connectivity index (χ4v) is 1.70. The van der Waals surface area contributed by atoms with Crippen LogP contribution in [0.3, 0.4) is 0 Å². The van der Waals surface area contributed by atoms with E-state index in [9.17, 15) is 13.5 Å². The van der Waals surface area contributed by atoms with Gasteiger partial charge in [0.15, 0.2) is 0 Å². The highest BCUT2D eigenvalue weighted by molar-refractivity contribution is 7.87. The molecule has 0 aliphatic heterocycles. The zero-order valence-electron chi connectivity index (χ0n) is 10.1. The Kier molecular flexibility index (Phi) is 5.19. The van der Waals surface area contributed by atoms with Crippen molar-refractivity contribution in [1.29, 1.82) is 0 Å². The first-order valence-electron chi connectivity index (χ1n) is 5.00. The third-order valence-electron chi connectivity index (χ3n) is 2.31. The lowest BCUT2D eigenvalue weighted by Gasteiger charge is -2.26. The van der Waals surface area contributed by atoms with E-state index in [-0.39, 0.29) is 12.0 Å². The largest absolute Gasteiger partial charge is 0.391 e. The van der Waals surface area contributed by atoms with Crippen molar-refractivity contribution in [2.24, 2.45) is 5.41 Å². The van der Waals surface area contributed by atoms with Gasteiger partial charge in [0.25, 0.3) is 10.2 Å². The minimum absolute atomic E-state index is 0.0379. The van der Waals surface area contributed by atoms with Gasteiger partial charge in [-0.3, -0.25) is 0 Å². The van der Waals surface area contributed by atoms with Crippen molar-refractivity contribution < 1.29 is 13.5 Å². The maximum Gasteiger partial charge on any atom is 0.279 e. The van der Waals surface area contributed by atoms with E-state index in [1.165, 1.54) is 11.4 Å². The molecule has 0 saturated carbocycles. The summed E-state index contributed by atoms with van der Waals surface area (Å²) < 4.78 is 26.6. The molecule has 92 valence electrons. The molecule has 0 fully saturated rings. The summed E-state index contributed by atoms with van der Waals surface area (Å²) in [6.45, 7) is 7.76. The minimum atomic E-state index is -3.44. The molecule has 6 heteroatoms. The molecule has 0 aromatic heterocycles. The van der Waals surface area contributed by atoms with Gasteiger partial charge in [-0.15, -0.1) is 0 Å². The molecular weight excluding hydrogens is 216 g/mol. The Bertz CT molecular complexity index is 282. The fraction of sp³-hybridized carbons (Fsp3) is 1.00. The fourth-order valence-electron chi connectivity index (χ4n) is 0.771. The molecule has 0 radical (unpaired) electrons. The minimum Gasteiger partial charge on any atom is -0.391 e. The standard InChI is InChI=1S/C9H22N2O3S/c1-6-11(5)15(13,14)10-7-8(12)9(2,3)4/h8,10,12H,6-7H2,1-5H3. The second kappa shape index (κ2) is 5.25. The summed E-state index contributed by atoms with van der Waals surface area (Å²) in [5.41, 5.74) is -0.326. The Labute approximate surface area is 92.7 Å². The van der Waals surface area contributed by atoms with Crippen molar-refractivity contribution in [3.05, 3.63) is 0 Å². The summed E-state index contributed by atoms with van der Waals surface area (Å²) in [6.07, 6.45) is -0.697. The molecule has 0 rings (SSSR count). The lowest BCUT2D eigenvalue weighted by atomic mass is 9.89. The Balaban J connectivity index is 4.29. The SMILES string of the molecule is CCN(C)S(=O)(=O)NCC(O)C(C)(C)C. The van der Waals surface area contributed by atoms with E-state index in [4.69, 9.17) is 0 Å². The number of aliphatic hydroxyl groups excluding tert-OH is 1. The molecule has 0 aromatic rings. The zero-order valence-corrected chi connectivity index (χ0v) is 10.9. The number of nitrogens with zero attached hydrogens (tertiary/aromatic N) is 1. The van der Waals surface area contributed by atoms with Crippen LogP contribution in [0.2, 0.25) is 0 Å². The third kappa shape index (κ3) is 4.92. The first-order chi connectivity index (χ1) is 6.61. The Morgan fingerprint density at radius 3 is 2.20 bits per heavy atom. The van der Waals surface area contributed by atoms with Crippen LogP contribution < -0.4 is 4.72 Å². The molecule has 0 heterocycles. The summed E-state index contributed by atoms with van der Waals surface area (Å²) in [5, 5.41) is 9.66. The number of hydrogen-bond donors (Lipinski definition) is 2. The van der Waals surface area contributed by atoms with Gasteiger partial charge in [-0.05, 0) is 5.41 Å². The Hall–Kier alpha value is -0.170. The molecule has 1 unspecified atom stereocenters. The van der Waals surface area contributed by atoms with Crippen LogP contribution in [-0.4, -0.2) is 44.1 Å². The van der Waals surface area contributed by atoms with E-state index in [1.54, 1.807) is 6.92 Å². The van der Waals surface area contributed by atoms with Crippen molar-refractivity contribution in [1.82, 2.24) is 9.03 Å². The average Bonchev–Trinajstić information content (AvgIpc) is 2.11. The molecule has 1 atom stereocenters. The Morgan fingerprint density at radius 2 is 1.87 bits per heavy atom. The normalized spacial score (nSPS) is 15.7. The lowest BCUT2D eigenvalue weighted by Crippen LogP contribution is -2.44. The second-order valence-electron chi connectivity index (χ2n) is 4.65. The maximum absolute atomic E-state index is 11.5. The predicted octanol–water partition coefficient (Wildman–Crippen LogP) is 0.179. The van der Waals surface area contributed by atoms with Gasteiger partial charge in [-0.1, -0.05) is 27.7 Å². The highest BCUT2D eigenvalue weighted by Crippen LogP contribution is 2.18. The monoisotopic (exact) mass is 238 g/mol. The van der Waals surface area contributed by atoms with Crippen LogP contribution in [-0.2, 0) is 10.2 Å². The molecule has 0 saturated heterocycles. The van der Waals surface area contributed by atoms with Gasteiger partial charge in [0.05, 0.1) is 6.10 Å². The number of hydrogen-bond acceptors (Lipinski definition) is 3. The summed E-state index contributed by atoms with van der Waals surface area (Å²) >= 11 is 0. The molecule has 0 aromatic carbocycles. The number of nitrogens with one attached hydrogen (secondary N) is 1. The van der Waals surface area contributed by atoms with Crippen molar-refractivity contribution >= 4 is 10.2 Å². The van der Waals surface area contributed by atoms with Gasteiger partial charge in [0.2, 0.25) is 0 Å². The molecule has 0 aliphatic carbocycles. The van der Waals surface area contributed by atoms with E-state index in [1.807, 2.05) is 20.8 Å². The maximum atomic E-state index is 11.5. The topological polar surface area (TPSA) is 69.6 Å². The van der Waals surface area contributed by atoms with Crippen LogP contribution >= 0.6 is 0 Å². The van der Waals surface area contributed by atoms with E-state index in [0.29, 0.717) is 6.54 Å². The molecule has 15 heavy (non-hydrogen) atoms. The summed E-state index contributed by atoms with van der Waals surface area (Å²) in [4.78, 5) is 0. The van der Waals surface area contributed by atoms with Crippen LogP contribution in [0.25, 0.3) is 0 Å². The van der Waals surface area contributed by atoms with Crippen molar-refractivity contribution in [2.75, 3.05) is 20.1 Å². The van der Waals surface area contributed by atoms with Crippen LogP contribution in [0.4, 0.5) is 0 Å². The highest BCUT2D eigenvalue weighted by Gasteiger charge is 2.24. The van der Waals surface area contributed by atoms with E-state index in [2.05, 4.69) is 4.72 Å². The van der Waals surface area contributed by atoms with Gasteiger partial charge < -0.3 is 5.11 Å². The molecular formula is C9H22N2O3S. The van der Waals surface area contributed by atoms with Crippen molar-refractivity contribution in [3.8, 4) is 0 Å². The summed E-state index contributed by atoms with van der Waals surface area (Å²) in [7, 11) is -1.95. The molecule has 0 aliphatic rings. The molecule has 2 N–H and O–H groups in total. The quantitative estimate of drug-likeness (QED) is 0.718. The van der Waals surface area contributed by atoms with Gasteiger partial charge in [0, 0.05) is 20.1 Å². The highest BCUT2D eigenvalue weighted by atomic mass is 32.2. The van der Waals surface area contributed by atoms with Gasteiger partial charge in [-0.25, -0.2) is 0 Å². The zero-order chi connectivity index (χ0) is 12.3. The van der Waals surface area contributed by atoms with Gasteiger partial charge >= 0.3 is 0 Å². The molecule has 5 nitrogen and oxygen atoms in total. The number of rotatable bonds is 5. The van der Waals surface area contributed by atoms with Crippen molar-refractivity contribution in [3.63, 3.8) is 0 Å².